The van der Waals surface area contributed by atoms with Crippen LogP contribution in [0, 0.1) is 12.8 Å². The lowest BCUT2D eigenvalue weighted by Gasteiger charge is -2.23. The maximum Gasteiger partial charge on any atom is 0.264 e. The number of nitrogens with one attached hydrogen (secondary N) is 1. The molecule has 0 spiro atoms. The Balaban J connectivity index is 1.75. The molecule has 2 aromatic rings. The average molecular weight is 389 g/mol. The van der Waals surface area contributed by atoms with Crippen LogP contribution in [0.2, 0.25) is 0 Å². The van der Waals surface area contributed by atoms with E-state index in [1.165, 1.54) is 29.7 Å². The topological polar surface area (TPSA) is 52.2 Å². The SMILES string of the molecule is CCCC1CCc2sc(C(=O)N(CCN(C)C)Cc3cnc(C)[nH]3)cc2C1. The third-order valence-electron chi connectivity index (χ3n) is 5.31. The monoisotopic (exact) mass is 388 g/mol. The Hall–Kier alpha value is -1.66. The van der Waals surface area contributed by atoms with Crippen LogP contribution in [0.15, 0.2) is 12.3 Å². The maximum absolute atomic E-state index is 13.3. The number of likely N-dealkylation sites (N-methyl/N-ethyl adjacent to an activating group) is 1. The first-order chi connectivity index (χ1) is 13.0. The lowest BCUT2D eigenvalue weighted by Crippen LogP contribution is -2.36. The molecule has 3 rings (SSSR count). The molecule has 6 heteroatoms. The molecule has 5 nitrogen and oxygen atoms in total. The van der Waals surface area contributed by atoms with Crippen molar-refractivity contribution < 1.29 is 4.79 Å². The van der Waals surface area contributed by atoms with E-state index in [1.807, 2.05) is 32.1 Å². The summed E-state index contributed by atoms with van der Waals surface area (Å²) in [5.41, 5.74) is 2.40. The third kappa shape index (κ3) is 5.20. The molecular weight excluding hydrogens is 356 g/mol. The molecule has 1 unspecified atom stereocenters. The van der Waals surface area contributed by atoms with Crippen molar-refractivity contribution >= 4 is 17.2 Å². The van der Waals surface area contributed by atoms with E-state index in [0.717, 1.165) is 41.7 Å². The smallest absolute Gasteiger partial charge is 0.264 e. The molecule has 1 amide bonds. The first-order valence-electron chi connectivity index (χ1n) is 10.0. The molecule has 0 aliphatic heterocycles. The summed E-state index contributed by atoms with van der Waals surface area (Å²) in [4.78, 5) is 27.2. The van der Waals surface area contributed by atoms with Gasteiger partial charge in [-0.05, 0) is 57.8 Å². The normalized spacial score (nSPS) is 16.6. The minimum Gasteiger partial charge on any atom is -0.345 e. The quantitative estimate of drug-likeness (QED) is 0.746. The summed E-state index contributed by atoms with van der Waals surface area (Å²) in [5, 5.41) is 0. The highest BCUT2D eigenvalue weighted by molar-refractivity contribution is 7.14. The molecule has 0 aromatic carbocycles. The minimum absolute atomic E-state index is 0.149. The van der Waals surface area contributed by atoms with Crippen molar-refractivity contribution in [3.8, 4) is 0 Å². The molecule has 0 bridgehead atoms. The highest BCUT2D eigenvalue weighted by atomic mass is 32.1. The zero-order valence-corrected chi connectivity index (χ0v) is 17.9. The summed E-state index contributed by atoms with van der Waals surface area (Å²) in [6.07, 6.45) is 7.93. The molecule has 1 N–H and O–H groups in total. The number of thiophene rings is 1. The fourth-order valence-corrected chi connectivity index (χ4v) is 5.02. The second kappa shape index (κ2) is 9.02. The van der Waals surface area contributed by atoms with E-state index in [1.54, 1.807) is 11.3 Å². The van der Waals surface area contributed by atoms with Crippen LogP contribution < -0.4 is 0 Å². The van der Waals surface area contributed by atoms with Crippen molar-refractivity contribution in [3.63, 3.8) is 0 Å². The van der Waals surface area contributed by atoms with Crippen molar-refractivity contribution in [2.75, 3.05) is 27.2 Å². The first-order valence-corrected chi connectivity index (χ1v) is 10.8. The Morgan fingerprint density at radius 3 is 2.85 bits per heavy atom. The van der Waals surface area contributed by atoms with E-state index in [0.29, 0.717) is 13.1 Å². The van der Waals surface area contributed by atoms with Crippen molar-refractivity contribution in [3.05, 3.63) is 39.1 Å². The van der Waals surface area contributed by atoms with E-state index in [-0.39, 0.29) is 5.91 Å². The van der Waals surface area contributed by atoms with Crippen LogP contribution in [0.4, 0.5) is 0 Å². The van der Waals surface area contributed by atoms with Crippen LogP contribution in [0.1, 0.15) is 57.8 Å². The zero-order chi connectivity index (χ0) is 19.4. The van der Waals surface area contributed by atoms with Crippen molar-refractivity contribution in [2.24, 2.45) is 5.92 Å². The molecule has 1 aliphatic carbocycles. The second-order valence-electron chi connectivity index (χ2n) is 7.98. The number of amides is 1. The molecule has 27 heavy (non-hydrogen) atoms. The van der Waals surface area contributed by atoms with Crippen LogP contribution >= 0.6 is 11.3 Å². The molecule has 0 radical (unpaired) electrons. The lowest BCUT2D eigenvalue weighted by molar-refractivity contribution is 0.0735. The number of imidazole rings is 1. The fourth-order valence-electron chi connectivity index (χ4n) is 3.85. The molecular formula is C21H32N4OS. The summed E-state index contributed by atoms with van der Waals surface area (Å²) < 4.78 is 0. The van der Waals surface area contributed by atoms with Crippen LogP contribution in [-0.4, -0.2) is 52.9 Å². The highest BCUT2D eigenvalue weighted by Crippen LogP contribution is 2.34. The number of nitrogens with zero attached hydrogens (tertiary/aromatic N) is 3. The number of fused-ring (bicyclic) bond motifs is 1. The Labute approximate surface area is 166 Å². The van der Waals surface area contributed by atoms with Crippen LogP contribution in [0.5, 0.6) is 0 Å². The van der Waals surface area contributed by atoms with E-state index in [4.69, 9.17) is 0 Å². The van der Waals surface area contributed by atoms with E-state index < -0.39 is 0 Å². The van der Waals surface area contributed by atoms with Gasteiger partial charge in [-0.1, -0.05) is 19.8 Å². The number of aromatic nitrogens is 2. The van der Waals surface area contributed by atoms with Gasteiger partial charge in [0.25, 0.3) is 5.91 Å². The summed E-state index contributed by atoms with van der Waals surface area (Å²) >= 11 is 1.71. The second-order valence-corrected chi connectivity index (χ2v) is 9.12. The summed E-state index contributed by atoms with van der Waals surface area (Å²) in [6, 6.07) is 2.17. The number of carbonyl (C=O) groups excluding carboxylic acids is 1. The van der Waals surface area contributed by atoms with Gasteiger partial charge in [0.05, 0.1) is 23.3 Å². The van der Waals surface area contributed by atoms with Gasteiger partial charge >= 0.3 is 0 Å². The van der Waals surface area contributed by atoms with Gasteiger partial charge in [0.2, 0.25) is 0 Å². The predicted molar refractivity (Wildman–Crippen MR) is 111 cm³/mol. The third-order valence-corrected chi connectivity index (χ3v) is 6.54. The Morgan fingerprint density at radius 1 is 1.37 bits per heavy atom. The summed E-state index contributed by atoms with van der Waals surface area (Å²) in [7, 11) is 4.08. The molecule has 1 atom stereocenters. The summed E-state index contributed by atoms with van der Waals surface area (Å²) in [6.45, 7) is 6.34. The van der Waals surface area contributed by atoms with Crippen LogP contribution in [-0.2, 0) is 19.4 Å². The van der Waals surface area contributed by atoms with Gasteiger partial charge in [0, 0.05) is 18.0 Å². The number of hydrogen-bond acceptors (Lipinski definition) is 4. The van der Waals surface area contributed by atoms with Gasteiger partial charge in [-0.25, -0.2) is 4.98 Å². The molecule has 1 aliphatic rings. The van der Waals surface area contributed by atoms with Crippen molar-refractivity contribution in [1.82, 2.24) is 19.8 Å². The summed E-state index contributed by atoms with van der Waals surface area (Å²) in [5.74, 6) is 1.83. The standard InChI is InChI=1S/C21H32N4OS/c1-5-6-16-7-8-19-17(11-16)12-20(27-19)21(26)25(10-9-24(3)4)14-18-13-22-15(2)23-18/h12-13,16H,5-11,14H2,1-4H3,(H,22,23). The van der Waals surface area contributed by atoms with Gasteiger partial charge < -0.3 is 14.8 Å². The number of hydrogen-bond donors (Lipinski definition) is 1. The van der Waals surface area contributed by atoms with Crippen molar-refractivity contribution in [1.29, 1.82) is 0 Å². The maximum atomic E-state index is 13.3. The fraction of sp³-hybridized carbons (Fsp3) is 0.619. The number of aromatic amines is 1. The Kier molecular flexibility index (Phi) is 6.71. The van der Waals surface area contributed by atoms with E-state index in [9.17, 15) is 4.79 Å². The minimum atomic E-state index is 0.149. The molecule has 148 valence electrons. The largest absolute Gasteiger partial charge is 0.345 e. The van der Waals surface area contributed by atoms with Gasteiger partial charge in [0.15, 0.2) is 0 Å². The van der Waals surface area contributed by atoms with Crippen LogP contribution in [0.3, 0.4) is 0 Å². The molecule has 0 saturated carbocycles. The first kappa shape index (κ1) is 20.1. The van der Waals surface area contributed by atoms with Gasteiger partial charge in [-0.3, -0.25) is 4.79 Å². The predicted octanol–water partition coefficient (Wildman–Crippen LogP) is 3.89. The number of rotatable bonds is 8. The molecule has 2 heterocycles. The van der Waals surface area contributed by atoms with Gasteiger partial charge in [0.1, 0.15) is 5.82 Å². The zero-order valence-electron chi connectivity index (χ0n) is 17.0. The number of carbonyl (C=O) groups is 1. The number of H-pyrrole nitrogens is 1. The molecule has 2 aromatic heterocycles. The van der Waals surface area contributed by atoms with Gasteiger partial charge in [-0.15, -0.1) is 11.3 Å². The van der Waals surface area contributed by atoms with E-state index >= 15 is 0 Å². The van der Waals surface area contributed by atoms with E-state index in [2.05, 4.69) is 27.9 Å². The van der Waals surface area contributed by atoms with Crippen LogP contribution in [0.25, 0.3) is 0 Å². The van der Waals surface area contributed by atoms with Gasteiger partial charge in [-0.2, -0.15) is 0 Å². The number of aryl methyl sites for hydroxylation is 2. The lowest BCUT2D eigenvalue weighted by atomic mass is 9.85. The average Bonchev–Trinajstić information content (AvgIpc) is 3.23. The highest BCUT2D eigenvalue weighted by Gasteiger charge is 2.25. The Bertz CT molecular complexity index is 764. The Morgan fingerprint density at radius 2 is 2.19 bits per heavy atom. The molecule has 0 fully saturated rings. The van der Waals surface area contributed by atoms with Crippen molar-refractivity contribution in [2.45, 2.75) is 52.5 Å². The molecule has 0 saturated heterocycles.